The fourth-order valence-electron chi connectivity index (χ4n) is 3.18. The number of hydrogen-bond acceptors (Lipinski definition) is 7. The highest BCUT2D eigenvalue weighted by Gasteiger charge is 2.25. The smallest absolute Gasteiger partial charge is 0.342 e. The number of aliphatic hydroxyl groups excluding tert-OH is 3. The van der Waals surface area contributed by atoms with Crippen LogP contribution in [0.25, 0.3) is 6.08 Å². The Labute approximate surface area is 176 Å². The maximum atomic E-state index is 12.9. The molecule has 0 spiro atoms. The van der Waals surface area contributed by atoms with E-state index in [2.05, 4.69) is 0 Å². The number of phenols is 1. The molecule has 0 bridgehead atoms. The number of cyclic esters (lactones) is 1. The molecule has 1 aromatic rings. The lowest BCUT2D eigenvalue weighted by Gasteiger charge is -2.21. The molecule has 0 amide bonds. The first kappa shape index (κ1) is 23.8. The van der Waals surface area contributed by atoms with Crippen molar-refractivity contribution in [3.8, 4) is 5.75 Å². The predicted octanol–water partition coefficient (Wildman–Crippen LogP) is 2.15. The SMILES string of the molecule is C[C@@H]1OC(=O)c2c(O)ccc(CCCCO)c2/C=C/C[C@H](O)[C@H](O)C(=O)/C=C\[C@@H]1C. The molecule has 0 aromatic heterocycles. The van der Waals surface area contributed by atoms with Crippen molar-refractivity contribution in [2.75, 3.05) is 6.61 Å². The second-order valence-electron chi connectivity index (χ2n) is 7.59. The van der Waals surface area contributed by atoms with E-state index in [0.717, 1.165) is 5.56 Å². The summed E-state index contributed by atoms with van der Waals surface area (Å²) < 4.78 is 5.53. The van der Waals surface area contributed by atoms with Gasteiger partial charge in [0, 0.05) is 12.5 Å². The van der Waals surface area contributed by atoms with Gasteiger partial charge in [0.25, 0.3) is 0 Å². The van der Waals surface area contributed by atoms with Crippen LogP contribution in [-0.2, 0) is 16.0 Å². The molecule has 0 saturated heterocycles. The maximum absolute atomic E-state index is 12.9. The first-order valence-electron chi connectivity index (χ1n) is 10.2. The van der Waals surface area contributed by atoms with Gasteiger partial charge in [0.1, 0.15) is 23.5 Å². The molecule has 4 N–H and O–H groups in total. The third kappa shape index (κ3) is 6.01. The van der Waals surface area contributed by atoms with Crippen LogP contribution in [0.4, 0.5) is 0 Å². The first-order chi connectivity index (χ1) is 14.3. The van der Waals surface area contributed by atoms with Crippen LogP contribution in [0.3, 0.4) is 0 Å². The Morgan fingerprint density at radius 2 is 1.83 bits per heavy atom. The van der Waals surface area contributed by atoms with Crippen LogP contribution in [0.1, 0.15) is 54.6 Å². The monoisotopic (exact) mass is 418 g/mol. The highest BCUT2D eigenvalue weighted by molar-refractivity contribution is 5.97. The number of unbranched alkanes of at least 4 members (excludes halogenated alkanes) is 1. The number of hydrogen-bond donors (Lipinski definition) is 4. The minimum Gasteiger partial charge on any atom is -0.507 e. The minimum atomic E-state index is -1.56. The number of carbonyl (C=O) groups is 2. The number of aryl methyl sites for hydroxylation is 1. The first-order valence-corrected chi connectivity index (χ1v) is 10.2. The van der Waals surface area contributed by atoms with E-state index in [9.17, 15) is 24.9 Å². The molecule has 7 heteroatoms. The van der Waals surface area contributed by atoms with Crippen LogP contribution in [0.5, 0.6) is 5.75 Å². The summed E-state index contributed by atoms with van der Waals surface area (Å²) in [5.41, 5.74) is 1.26. The summed E-state index contributed by atoms with van der Waals surface area (Å²) in [6.07, 6.45) is 4.19. The molecule has 0 radical (unpaired) electrons. The van der Waals surface area contributed by atoms with Gasteiger partial charge >= 0.3 is 5.97 Å². The number of esters is 1. The molecule has 0 saturated carbocycles. The zero-order chi connectivity index (χ0) is 22.3. The summed E-state index contributed by atoms with van der Waals surface area (Å²) in [7, 11) is 0. The van der Waals surface area contributed by atoms with E-state index in [0.29, 0.717) is 24.8 Å². The number of aliphatic hydroxyl groups is 3. The number of benzene rings is 1. The Kier molecular flexibility index (Phi) is 8.77. The zero-order valence-electron chi connectivity index (χ0n) is 17.3. The normalized spacial score (nSPS) is 27.6. The molecule has 164 valence electrons. The molecule has 4 atom stereocenters. The van der Waals surface area contributed by atoms with Crippen molar-refractivity contribution in [2.24, 2.45) is 5.92 Å². The Bertz CT molecular complexity index is 812. The molecule has 2 rings (SSSR count). The fraction of sp³-hybridized carbons (Fsp3) is 0.478. The van der Waals surface area contributed by atoms with E-state index in [1.807, 2.05) is 0 Å². The average Bonchev–Trinajstić information content (AvgIpc) is 2.71. The van der Waals surface area contributed by atoms with Crippen LogP contribution in [0.2, 0.25) is 0 Å². The van der Waals surface area contributed by atoms with Crippen molar-refractivity contribution in [1.82, 2.24) is 0 Å². The van der Waals surface area contributed by atoms with Crippen LogP contribution in [0.15, 0.2) is 30.4 Å². The van der Waals surface area contributed by atoms with Crippen LogP contribution < -0.4 is 0 Å². The number of rotatable bonds is 4. The highest BCUT2D eigenvalue weighted by Crippen LogP contribution is 2.29. The molecule has 1 aromatic carbocycles. The molecular formula is C23H30O7. The van der Waals surface area contributed by atoms with E-state index >= 15 is 0 Å². The summed E-state index contributed by atoms with van der Waals surface area (Å²) >= 11 is 0. The van der Waals surface area contributed by atoms with E-state index < -0.39 is 30.1 Å². The maximum Gasteiger partial charge on any atom is 0.342 e. The number of aromatic hydroxyl groups is 1. The Hall–Kier alpha value is -2.48. The number of fused-ring (bicyclic) bond motifs is 1. The van der Waals surface area contributed by atoms with Gasteiger partial charge in [-0.2, -0.15) is 0 Å². The molecule has 1 aliphatic heterocycles. The van der Waals surface area contributed by atoms with Crippen molar-refractivity contribution in [1.29, 1.82) is 0 Å². The lowest BCUT2D eigenvalue weighted by atomic mass is 9.94. The number of ether oxygens (including phenoxy) is 1. The third-order valence-electron chi connectivity index (χ3n) is 5.29. The quantitative estimate of drug-likeness (QED) is 0.436. The summed E-state index contributed by atoms with van der Waals surface area (Å²) in [6, 6.07) is 3.15. The van der Waals surface area contributed by atoms with Gasteiger partial charge in [-0.3, -0.25) is 4.79 Å². The van der Waals surface area contributed by atoms with Crippen LogP contribution in [-0.4, -0.2) is 57.1 Å². The van der Waals surface area contributed by atoms with Crippen molar-refractivity contribution < 1.29 is 34.8 Å². The standard InChI is InChI=1S/C23H30O7/c1-14-9-11-20(27)22(28)19(26)8-5-7-17-16(6-3-4-13-24)10-12-18(25)21(17)23(29)30-15(14)2/h5,7,9-12,14-15,19,22,24-26,28H,3-4,6,8,13H2,1-2H3/b7-5+,11-9-/t14-,15-,19-,22-/m0/s1. The van der Waals surface area contributed by atoms with Crippen LogP contribution >= 0.6 is 0 Å². The van der Waals surface area contributed by atoms with E-state index in [1.165, 1.54) is 18.2 Å². The van der Waals surface area contributed by atoms with Gasteiger partial charge in [0.15, 0.2) is 5.78 Å². The molecule has 1 heterocycles. The van der Waals surface area contributed by atoms with Gasteiger partial charge in [0.05, 0.1) is 6.10 Å². The summed E-state index contributed by atoms with van der Waals surface area (Å²) in [4.78, 5) is 25.0. The van der Waals surface area contributed by atoms with Crippen molar-refractivity contribution >= 4 is 17.8 Å². The number of phenolic OH excluding ortho intramolecular Hbond substituents is 1. The lowest BCUT2D eigenvalue weighted by Crippen LogP contribution is -2.32. The highest BCUT2D eigenvalue weighted by atomic mass is 16.5. The largest absolute Gasteiger partial charge is 0.507 e. The van der Waals surface area contributed by atoms with Gasteiger partial charge in [-0.05, 0) is 55.9 Å². The second-order valence-corrected chi connectivity index (χ2v) is 7.59. The second kappa shape index (κ2) is 11.1. The molecule has 0 unspecified atom stereocenters. The van der Waals surface area contributed by atoms with E-state index in [4.69, 9.17) is 9.84 Å². The molecular weight excluding hydrogens is 388 g/mol. The summed E-state index contributed by atoms with van der Waals surface area (Å²) in [5.74, 6) is -1.86. The van der Waals surface area contributed by atoms with Crippen molar-refractivity contribution in [2.45, 2.75) is 57.8 Å². The van der Waals surface area contributed by atoms with E-state index in [1.54, 1.807) is 32.1 Å². The van der Waals surface area contributed by atoms with Gasteiger partial charge in [-0.1, -0.05) is 31.2 Å². The Morgan fingerprint density at radius 3 is 2.53 bits per heavy atom. The molecule has 30 heavy (non-hydrogen) atoms. The lowest BCUT2D eigenvalue weighted by molar-refractivity contribution is -0.127. The van der Waals surface area contributed by atoms with E-state index in [-0.39, 0.29) is 30.3 Å². The molecule has 1 aliphatic rings. The van der Waals surface area contributed by atoms with Crippen LogP contribution in [0, 0.1) is 5.92 Å². The van der Waals surface area contributed by atoms with Crippen molar-refractivity contribution in [3.05, 3.63) is 47.1 Å². The van der Waals surface area contributed by atoms with Crippen molar-refractivity contribution in [3.63, 3.8) is 0 Å². The summed E-state index contributed by atoms with van der Waals surface area (Å²) in [5, 5.41) is 39.6. The Morgan fingerprint density at radius 1 is 1.10 bits per heavy atom. The molecule has 0 aliphatic carbocycles. The predicted molar refractivity (Wildman–Crippen MR) is 112 cm³/mol. The fourth-order valence-corrected chi connectivity index (χ4v) is 3.18. The average molecular weight is 418 g/mol. The van der Waals surface area contributed by atoms with Gasteiger partial charge < -0.3 is 25.2 Å². The Balaban J connectivity index is 2.50. The number of ketones is 1. The molecule has 7 nitrogen and oxygen atoms in total. The van der Waals surface area contributed by atoms with Gasteiger partial charge in [0.2, 0.25) is 0 Å². The number of carbonyl (C=O) groups excluding carboxylic acids is 2. The summed E-state index contributed by atoms with van der Waals surface area (Å²) in [6.45, 7) is 3.48. The topological polar surface area (TPSA) is 124 Å². The zero-order valence-corrected chi connectivity index (χ0v) is 17.3. The minimum absolute atomic E-state index is 0.0209. The van der Waals surface area contributed by atoms with Gasteiger partial charge in [-0.15, -0.1) is 0 Å². The third-order valence-corrected chi connectivity index (χ3v) is 5.29. The molecule has 0 fully saturated rings. The van der Waals surface area contributed by atoms with Gasteiger partial charge in [-0.25, -0.2) is 4.79 Å².